The van der Waals surface area contributed by atoms with Crippen LogP contribution in [0.25, 0.3) is 5.57 Å². The summed E-state index contributed by atoms with van der Waals surface area (Å²) in [4.78, 5) is 3.17. The van der Waals surface area contributed by atoms with E-state index < -0.39 is 7.75 Å². The zero-order chi connectivity index (χ0) is 19.4. The number of aliphatic hydroxyl groups excluding tert-OH is 1. The van der Waals surface area contributed by atoms with Crippen LogP contribution in [0.2, 0.25) is 0 Å². The SMILES string of the molecule is COP(=O)(/N=C1/CC(c2ccc(CO)cc2)=CC(c2cccs2)N1C)OC. The second kappa shape index (κ2) is 8.50. The minimum Gasteiger partial charge on any atom is -0.392 e. The maximum atomic E-state index is 12.6. The first-order chi connectivity index (χ1) is 13.0. The summed E-state index contributed by atoms with van der Waals surface area (Å²) in [6.07, 6.45) is 2.71. The first kappa shape index (κ1) is 20.0. The lowest BCUT2D eigenvalue weighted by Crippen LogP contribution is -2.33. The summed E-state index contributed by atoms with van der Waals surface area (Å²) in [5.41, 5.74) is 2.98. The quantitative estimate of drug-likeness (QED) is 0.715. The predicted octanol–water partition coefficient (Wildman–Crippen LogP) is 4.50. The van der Waals surface area contributed by atoms with Crippen molar-refractivity contribution in [3.05, 3.63) is 63.9 Å². The smallest absolute Gasteiger partial charge is 0.392 e. The maximum Gasteiger partial charge on any atom is 0.454 e. The van der Waals surface area contributed by atoms with Crippen LogP contribution >= 0.6 is 19.1 Å². The van der Waals surface area contributed by atoms with Crippen LogP contribution in [-0.2, 0) is 20.2 Å². The molecule has 27 heavy (non-hydrogen) atoms. The summed E-state index contributed by atoms with van der Waals surface area (Å²) in [5, 5.41) is 11.3. The highest BCUT2D eigenvalue weighted by atomic mass is 32.1. The molecule has 1 aliphatic rings. The van der Waals surface area contributed by atoms with E-state index in [-0.39, 0.29) is 12.6 Å². The van der Waals surface area contributed by atoms with Crippen LogP contribution in [0, 0.1) is 0 Å². The van der Waals surface area contributed by atoms with E-state index >= 15 is 0 Å². The fraction of sp³-hybridized carbons (Fsp3) is 0.316. The van der Waals surface area contributed by atoms with Gasteiger partial charge in [0.05, 0.1) is 12.6 Å². The fourth-order valence-corrected chi connectivity index (χ4v) is 4.62. The first-order valence-corrected chi connectivity index (χ1v) is 10.8. The van der Waals surface area contributed by atoms with Gasteiger partial charge in [-0.25, -0.2) is 4.57 Å². The van der Waals surface area contributed by atoms with E-state index in [4.69, 9.17) is 9.05 Å². The molecular formula is C19H23N2O4PS. The summed E-state index contributed by atoms with van der Waals surface area (Å²) in [7, 11) is 1.06. The molecule has 1 unspecified atom stereocenters. The zero-order valence-corrected chi connectivity index (χ0v) is 17.2. The largest absolute Gasteiger partial charge is 0.454 e. The third-order valence-corrected chi connectivity index (χ3v) is 6.92. The lowest BCUT2D eigenvalue weighted by Gasteiger charge is -2.34. The van der Waals surface area contributed by atoms with Gasteiger partial charge in [0.25, 0.3) is 0 Å². The van der Waals surface area contributed by atoms with Crippen LogP contribution in [0.3, 0.4) is 0 Å². The molecule has 1 aliphatic heterocycles. The number of nitrogens with zero attached hydrogens (tertiary/aromatic N) is 2. The van der Waals surface area contributed by atoms with Crippen molar-refractivity contribution in [1.82, 2.24) is 4.90 Å². The Balaban J connectivity index is 2.05. The van der Waals surface area contributed by atoms with Crippen LogP contribution in [0.15, 0.2) is 52.6 Å². The van der Waals surface area contributed by atoms with Gasteiger partial charge in [-0.2, -0.15) is 4.76 Å². The van der Waals surface area contributed by atoms with Crippen molar-refractivity contribution in [3.8, 4) is 0 Å². The van der Waals surface area contributed by atoms with Crippen molar-refractivity contribution < 1.29 is 18.7 Å². The summed E-state index contributed by atoms with van der Waals surface area (Å²) in [5.74, 6) is 0.643. The first-order valence-electron chi connectivity index (χ1n) is 8.47. The molecule has 1 aromatic heterocycles. The van der Waals surface area contributed by atoms with E-state index in [9.17, 15) is 9.67 Å². The minimum absolute atomic E-state index is 0.0114. The molecule has 2 heterocycles. The van der Waals surface area contributed by atoms with Gasteiger partial charge >= 0.3 is 7.75 Å². The van der Waals surface area contributed by atoms with Gasteiger partial charge in [-0.3, -0.25) is 9.05 Å². The molecule has 144 valence electrons. The van der Waals surface area contributed by atoms with Crippen molar-refractivity contribution in [2.45, 2.75) is 19.1 Å². The molecule has 1 atom stereocenters. The monoisotopic (exact) mass is 406 g/mol. The zero-order valence-electron chi connectivity index (χ0n) is 15.5. The predicted molar refractivity (Wildman–Crippen MR) is 109 cm³/mol. The summed E-state index contributed by atoms with van der Waals surface area (Å²) in [6.45, 7) is 0.0114. The van der Waals surface area contributed by atoms with E-state index in [1.807, 2.05) is 47.7 Å². The van der Waals surface area contributed by atoms with Crippen molar-refractivity contribution in [2.24, 2.45) is 4.76 Å². The van der Waals surface area contributed by atoms with Crippen molar-refractivity contribution in [2.75, 3.05) is 21.3 Å². The molecule has 0 bridgehead atoms. The molecule has 1 aromatic carbocycles. The summed E-state index contributed by atoms with van der Waals surface area (Å²) < 4.78 is 26.9. The van der Waals surface area contributed by atoms with Crippen molar-refractivity contribution in [1.29, 1.82) is 0 Å². The molecule has 0 spiro atoms. The van der Waals surface area contributed by atoms with E-state index in [0.717, 1.165) is 16.7 Å². The Bertz CT molecular complexity index is 870. The van der Waals surface area contributed by atoms with Crippen LogP contribution in [0.1, 0.15) is 28.5 Å². The Morgan fingerprint density at radius 2 is 1.96 bits per heavy atom. The molecule has 0 saturated heterocycles. The van der Waals surface area contributed by atoms with Gasteiger partial charge in [-0.05, 0) is 28.1 Å². The Morgan fingerprint density at radius 1 is 1.26 bits per heavy atom. The van der Waals surface area contributed by atoms with Gasteiger partial charge in [-0.1, -0.05) is 36.4 Å². The summed E-state index contributed by atoms with van der Waals surface area (Å²) in [6, 6.07) is 11.8. The fourth-order valence-electron chi connectivity index (χ4n) is 2.98. The van der Waals surface area contributed by atoms with Crippen molar-refractivity contribution in [3.63, 3.8) is 0 Å². The van der Waals surface area contributed by atoms with E-state index in [0.29, 0.717) is 12.3 Å². The van der Waals surface area contributed by atoms with Gasteiger partial charge in [0.1, 0.15) is 5.84 Å². The standard InChI is InChI=1S/C19H23N2O4PS/c1-21-17(18-5-4-10-27-18)11-16(15-8-6-14(13-22)7-9-15)12-19(21)20-26(23,24-2)25-3/h4-11,17,22H,12-13H2,1-3H3/b20-19-. The van der Waals surface area contributed by atoms with Crippen LogP contribution in [0.4, 0.5) is 0 Å². The molecule has 8 heteroatoms. The average Bonchev–Trinajstić information content (AvgIpc) is 3.24. The molecule has 0 amide bonds. The molecular weight excluding hydrogens is 383 g/mol. The minimum atomic E-state index is -3.53. The molecule has 0 radical (unpaired) electrons. The van der Waals surface area contributed by atoms with Crippen LogP contribution in [0.5, 0.6) is 0 Å². The van der Waals surface area contributed by atoms with Gasteiger partial charge < -0.3 is 10.0 Å². The molecule has 1 N–H and O–H groups in total. The molecule has 0 aliphatic carbocycles. The van der Waals surface area contributed by atoms with Gasteiger partial charge in [0.15, 0.2) is 0 Å². The number of hydrogen-bond donors (Lipinski definition) is 1. The second-order valence-electron chi connectivity index (χ2n) is 6.14. The number of aliphatic hydroxyl groups is 1. The molecule has 2 aromatic rings. The second-order valence-corrected chi connectivity index (χ2v) is 8.99. The lowest BCUT2D eigenvalue weighted by molar-refractivity contribution is 0.276. The van der Waals surface area contributed by atoms with Crippen LogP contribution < -0.4 is 0 Å². The Morgan fingerprint density at radius 3 is 2.52 bits per heavy atom. The number of benzene rings is 1. The molecule has 0 saturated carbocycles. The molecule has 0 fully saturated rings. The van der Waals surface area contributed by atoms with E-state index in [1.54, 1.807) is 11.3 Å². The number of rotatable bonds is 6. The third-order valence-electron chi connectivity index (χ3n) is 4.57. The van der Waals surface area contributed by atoms with Gasteiger partial charge in [0, 0.05) is 32.6 Å². The van der Waals surface area contributed by atoms with Crippen molar-refractivity contribution >= 4 is 30.5 Å². The Hall–Kier alpha value is -1.76. The van der Waals surface area contributed by atoms with E-state index in [1.165, 1.54) is 19.1 Å². The number of thiophene rings is 1. The van der Waals surface area contributed by atoms with E-state index in [2.05, 4.69) is 16.9 Å². The summed E-state index contributed by atoms with van der Waals surface area (Å²) >= 11 is 1.66. The molecule has 3 rings (SSSR count). The maximum absolute atomic E-state index is 12.6. The third kappa shape index (κ3) is 4.39. The topological polar surface area (TPSA) is 71.4 Å². The molecule has 6 nitrogen and oxygen atoms in total. The average molecular weight is 406 g/mol. The number of hydrogen-bond acceptors (Lipinski definition) is 5. The van der Waals surface area contributed by atoms with Gasteiger partial charge in [0.2, 0.25) is 0 Å². The number of amidine groups is 1. The Labute approximate surface area is 163 Å². The normalized spacial score (nSPS) is 19.4. The highest BCUT2D eigenvalue weighted by Crippen LogP contribution is 2.49. The Kier molecular flexibility index (Phi) is 6.29. The van der Waals surface area contributed by atoms with Crippen LogP contribution in [-0.4, -0.2) is 37.1 Å². The lowest BCUT2D eigenvalue weighted by atomic mass is 9.94. The highest BCUT2D eigenvalue weighted by molar-refractivity contribution is 7.52. The van der Waals surface area contributed by atoms with Gasteiger partial charge in [-0.15, -0.1) is 11.3 Å². The number of likely N-dealkylation sites (N-methyl/N-ethyl adjacent to an activating group) is 1. The highest BCUT2D eigenvalue weighted by Gasteiger charge is 2.30.